The number of hydrogen-bond acceptors (Lipinski definition) is 3. The molecule has 1 N–H and O–H groups in total. The van der Waals surface area contributed by atoms with Crippen molar-refractivity contribution in [3.05, 3.63) is 23.2 Å². The van der Waals surface area contributed by atoms with Gasteiger partial charge >= 0.3 is 0 Å². The Hall–Kier alpha value is -0.820. The molecule has 0 aromatic heterocycles. The van der Waals surface area contributed by atoms with E-state index < -0.39 is 21.3 Å². The summed E-state index contributed by atoms with van der Waals surface area (Å²) in [6.45, 7) is 1.52. The molecular weight excluding hydrogens is 311 g/mol. The van der Waals surface area contributed by atoms with Crippen LogP contribution in [0.3, 0.4) is 0 Å². The van der Waals surface area contributed by atoms with Gasteiger partial charge < -0.3 is 5.32 Å². The fourth-order valence-corrected chi connectivity index (χ4v) is 2.67. The van der Waals surface area contributed by atoms with Gasteiger partial charge in [-0.3, -0.25) is 4.79 Å². The first-order valence-corrected chi connectivity index (χ1v) is 7.58. The molecule has 19 heavy (non-hydrogen) atoms. The Bertz CT molecular complexity index is 586. The third kappa shape index (κ3) is 3.82. The Kier molecular flexibility index (Phi) is 5.20. The molecule has 1 atom stereocenters. The number of hydrogen-bond donors (Lipinski definition) is 1. The topological polar surface area (TPSA) is 66.5 Å². The average molecular weight is 325 g/mol. The molecule has 0 fully saturated rings. The standard InChI is InChI=1S/C11H14Cl2N2O3S/c1-7(12)11(16)14-8-4-5-9(13)10(6-8)19(17,18)15(2)3/h4-7H,1-3H3,(H,14,16)/t7-/m0/s1. The summed E-state index contributed by atoms with van der Waals surface area (Å²) in [5, 5.41) is 1.88. The number of carbonyl (C=O) groups excluding carboxylic acids is 1. The van der Waals surface area contributed by atoms with Gasteiger partial charge in [-0.25, -0.2) is 12.7 Å². The zero-order chi connectivity index (χ0) is 14.8. The van der Waals surface area contributed by atoms with Crippen molar-refractivity contribution in [3.8, 4) is 0 Å². The molecule has 0 spiro atoms. The maximum absolute atomic E-state index is 12.0. The van der Waals surface area contributed by atoms with Gasteiger partial charge in [0.05, 0.1) is 5.02 Å². The fraction of sp³-hybridized carbons (Fsp3) is 0.364. The van der Waals surface area contributed by atoms with E-state index in [-0.39, 0.29) is 9.92 Å². The normalized spacial score (nSPS) is 13.4. The smallest absolute Gasteiger partial charge is 0.244 e. The van der Waals surface area contributed by atoms with Crippen LogP contribution in [0.1, 0.15) is 6.92 Å². The van der Waals surface area contributed by atoms with E-state index in [0.29, 0.717) is 5.69 Å². The minimum Gasteiger partial charge on any atom is -0.325 e. The van der Waals surface area contributed by atoms with E-state index >= 15 is 0 Å². The molecule has 1 aromatic rings. The van der Waals surface area contributed by atoms with Crippen LogP contribution in [0.2, 0.25) is 5.02 Å². The predicted molar refractivity (Wildman–Crippen MR) is 76.3 cm³/mol. The first-order valence-electron chi connectivity index (χ1n) is 5.33. The van der Waals surface area contributed by atoms with Gasteiger partial charge in [0.1, 0.15) is 10.3 Å². The third-order valence-corrected chi connectivity index (χ3v) is 4.81. The summed E-state index contributed by atoms with van der Waals surface area (Å²) in [4.78, 5) is 11.4. The summed E-state index contributed by atoms with van der Waals surface area (Å²) in [5.74, 6) is -0.419. The van der Waals surface area contributed by atoms with Gasteiger partial charge in [0.25, 0.3) is 0 Å². The number of halogens is 2. The van der Waals surface area contributed by atoms with Crippen LogP contribution in [0.25, 0.3) is 0 Å². The van der Waals surface area contributed by atoms with E-state index in [0.717, 1.165) is 4.31 Å². The van der Waals surface area contributed by atoms with Crippen molar-refractivity contribution in [3.63, 3.8) is 0 Å². The molecule has 0 radical (unpaired) electrons. The second-order valence-corrected chi connectivity index (χ2v) is 7.22. The lowest BCUT2D eigenvalue weighted by atomic mass is 10.3. The lowest BCUT2D eigenvalue weighted by Gasteiger charge is -2.14. The Labute approximate surface area is 122 Å². The molecular formula is C11H14Cl2N2O3S. The minimum atomic E-state index is -3.67. The summed E-state index contributed by atoms with van der Waals surface area (Å²) in [6.07, 6.45) is 0. The molecule has 5 nitrogen and oxygen atoms in total. The highest BCUT2D eigenvalue weighted by molar-refractivity contribution is 7.89. The van der Waals surface area contributed by atoms with Gasteiger partial charge in [-0.15, -0.1) is 11.6 Å². The van der Waals surface area contributed by atoms with Crippen molar-refractivity contribution in [2.75, 3.05) is 19.4 Å². The summed E-state index contributed by atoms with van der Waals surface area (Å²) in [6, 6.07) is 4.22. The van der Waals surface area contributed by atoms with Crippen LogP contribution in [-0.4, -0.2) is 38.1 Å². The van der Waals surface area contributed by atoms with Crippen LogP contribution in [-0.2, 0) is 14.8 Å². The van der Waals surface area contributed by atoms with Crippen LogP contribution in [0.4, 0.5) is 5.69 Å². The van der Waals surface area contributed by atoms with Gasteiger partial charge in [0.15, 0.2) is 0 Å². The maximum atomic E-state index is 12.0. The molecule has 0 saturated carbocycles. The van der Waals surface area contributed by atoms with Crippen molar-refractivity contribution in [1.29, 1.82) is 0 Å². The van der Waals surface area contributed by atoms with E-state index in [2.05, 4.69) is 5.32 Å². The van der Waals surface area contributed by atoms with Crippen molar-refractivity contribution >= 4 is 44.8 Å². The summed E-state index contributed by atoms with van der Waals surface area (Å²) >= 11 is 11.5. The largest absolute Gasteiger partial charge is 0.325 e. The summed E-state index contributed by atoms with van der Waals surface area (Å²) in [5.41, 5.74) is 0.322. The van der Waals surface area contributed by atoms with Crippen LogP contribution in [0.15, 0.2) is 23.1 Å². The van der Waals surface area contributed by atoms with E-state index in [4.69, 9.17) is 23.2 Å². The monoisotopic (exact) mass is 324 g/mol. The Morgan fingerprint density at radius 2 is 1.95 bits per heavy atom. The van der Waals surface area contributed by atoms with E-state index in [1.807, 2.05) is 0 Å². The van der Waals surface area contributed by atoms with Gasteiger partial charge in [-0.1, -0.05) is 11.6 Å². The van der Waals surface area contributed by atoms with Gasteiger partial charge in [-0.2, -0.15) is 0 Å². The van der Waals surface area contributed by atoms with Crippen LogP contribution in [0, 0.1) is 0 Å². The molecule has 1 amide bonds. The molecule has 0 saturated heterocycles. The maximum Gasteiger partial charge on any atom is 0.244 e. The first-order chi connectivity index (χ1) is 8.66. The molecule has 8 heteroatoms. The second-order valence-electron chi connectivity index (χ2n) is 4.04. The first kappa shape index (κ1) is 16.2. The number of sulfonamides is 1. The number of benzene rings is 1. The Morgan fingerprint density at radius 1 is 1.37 bits per heavy atom. The number of amides is 1. The highest BCUT2D eigenvalue weighted by Gasteiger charge is 2.21. The summed E-state index contributed by atoms with van der Waals surface area (Å²) < 4.78 is 25.1. The number of anilines is 1. The lowest BCUT2D eigenvalue weighted by molar-refractivity contribution is -0.115. The van der Waals surface area contributed by atoms with Crippen molar-refractivity contribution < 1.29 is 13.2 Å². The predicted octanol–water partition coefficient (Wildman–Crippen LogP) is 2.16. The SMILES string of the molecule is C[C@H](Cl)C(=O)Nc1ccc(Cl)c(S(=O)(=O)N(C)C)c1. The number of alkyl halides is 1. The van der Waals surface area contributed by atoms with Gasteiger partial charge in [-0.05, 0) is 25.1 Å². The molecule has 1 aromatic carbocycles. The second kappa shape index (κ2) is 6.09. The third-order valence-electron chi connectivity index (χ3n) is 2.32. The number of carbonyl (C=O) groups is 1. The van der Waals surface area contributed by atoms with E-state index in [9.17, 15) is 13.2 Å². The van der Waals surface area contributed by atoms with Gasteiger partial charge in [0.2, 0.25) is 15.9 Å². The highest BCUT2D eigenvalue weighted by Crippen LogP contribution is 2.26. The number of rotatable bonds is 4. The van der Waals surface area contributed by atoms with Crippen molar-refractivity contribution in [2.24, 2.45) is 0 Å². The lowest BCUT2D eigenvalue weighted by Crippen LogP contribution is -2.23. The Balaban J connectivity index is 3.19. The van der Waals surface area contributed by atoms with Crippen LogP contribution >= 0.6 is 23.2 Å². The molecule has 1 rings (SSSR count). The zero-order valence-corrected chi connectivity index (χ0v) is 13.0. The molecule has 0 heterocycles. The molecule has 0 unspecified atom stereocenters. The molecule has 0 aliphatic rings. The molecule has 0 aliphatic carbocycles. The van der Waals surface area contributed by atoms with Crippen molar-refractivity contribution in [2.45, 2.75) is 17.2 Å². The zero-order valence-electron chi connectivity index (χ0n) is 10.6. The van der Waals surface area contributed by atoms with E-state index in [1.165, 1.54) is 39.2 Å². The number of nitrogens with one attached hydrogen (secondary N) is 1. The molecule has 0 aliphatic heterocycles. The quantitative estimate of drug-likeness (QED) is 0.863. The van der Waals surface area contributed by atoms with E-state index in [1.54, 1.807) is 0 Å². The highest BCUT2D eigenvalue weighted by atomic mass is 35.5. The number of nitrogens with zero attached hydrogens (tertiary/aromatic N) is 1. The minimum absolute atomic E-state index is 0.0702. The molecule has 0 bridgehead atoms. The average Bonchev–Trinajstić information content (AvgIpc) is 2.30. The summed E-state index contributed by atoms with van der Waals surface area (Å²) in [7, 11) is -0.868. The van der Waals surface area contributed by atoms with Gasteiger partial charge in [0, 0.05) is 19.8 Å². The Morgan fingerprint density at radius 3 is 2.42 bits per heavy atom. The molecule has 106 valence electrons. The van der Waals surface area contributed by atoms with Crippen LogP contribution in [0.5, 0.6) is 0 Å². The van der Waals surface area contributed by atoms with Crippen LogP contribution < -0.4 is 5.32 Å². The van der Waals surface area contributed by atoms with Crippen molar-refractivity contribution in [1.82, 2.24) is 4.31 Å². The fourth-order valence-electron chi connectivity index (χ4n) is 1.22.